The van der Waals surface area contributed by atoms with E-state index in [2.05, 4.69) is 150 Å². The van der Waals surface area contributed by atoms with Crippen LogP contribution in [-0.2, 0) is 0 Å². The van der Waals surface area contributed by atoms with Crippen LogP contribution in [0.4, 0.5) is 0 Å². The lowest BCUT2D eigenvalue weighted by Gasteiger charge is -2.12. The van der Waals surface area contributed by atoms with Crippen molar-refractivity contribution in [3.63, 3.8) is 0 Å². The zero-order chi connectivity index (χ0) is 37.0. The predicted octanol–water partition coefficient (Wildman–Crippen LogP) is 13.2. The Morgan fingerprint density at radius 3 is 1.66 bits per heavy atom. The summed E-state index contributed by atoms with van der Waals surface area (Å²) < 4.78 is 8.63. The Bertz CT molecular complexity index is 3240. The largest absolute Gasteiger partial charge is 0.456 e. The van der Waals surface area contributed by atoms with Gasteiger partial charge in [0, 0.05) is 43.9 Å². The highest BCUT2D eigenvalue weighted by molar-refractivity contribution is 6.14. The molecule has 0 amide bonds. The van der Waals surface area contributed by atoms with E-state index in [1.165, 1.54) is 16.3 Å². The van der Waals surface area contributed by atoms with Crippen LogP contribution in [0.25, 0.3) is 106 Å². The van der Waals surface area contributed by atoms with Crippen molar-refractivity contribution in [3.8, 4) is 62.1 Å². The van der Waals surface area contributed by atoms with Crippen LogP contribution in [0, 0.1) is 0 Å². The first kappa shape index (κ1) is 31.9. The molecule has 3 aromatic heterocycles. The minimum absolute atomic E-state index is 0.614. The summed E-state index contributed by atoms with van der Waals surface area (Å²) in [6.07, 6.45) is 0. The summed E-state index contributed by atoms with van der Waals surface area (Å²) in [6, 6.07) is 67.5. The van der Waals surface area contributed by atoms with Gasteiger partial charge in [0.25, 0.3) is 0 Å². The first-order valence-corrected chi connectivity index (χ1v) is 18.8. The molecule has 8 aromatic carbocycles. The van der Waals surface area contributed by atoms with Crippen molar-refractivity contribution in [2.75, 3.05) is 0 Å². The standard InChI is InChI=1S/C51H32N4O/c1-3-13-33(14-4-1)34-25-27-36(28-26-34)50-52-49(35-15-5-2-6-16-35)53-51(54-50)38-17-11-18-39(31-38)55-44-22-9-7-19-41(44)42-30-29-37(32-45(42)55)40-21-12-24-47-48(40)43-20-8-10-23-46(43)56-47/h1-32H. The van der Waals surface area contributed by atoms with E-state index >= 15 is 0 Å². The molecular weight excluding hydrogens is 685 g/mol. The summed E-state index contributed by atoms with van der Waals surface area (Å²) in [5.74, 6) is 1.87. The molecule has 0 N–H and O–H groups in total. The Morgan fingerprint density at radius 2 is 0.875 bits per heavy atom. The normalized spacial score (nSPS) is 11.6. The molecule has 0 bridgehead atoms. The first-order chi connectivity index (χ1) is 27.7. The second-order valence-electron chi connectivity index (χ2n) is 14.0. The van der Waals surface area contributed by atoms with E-state index in [1.54, 1.807) is 0 Å². The van der Waals surface area contributed by atoms with Gasteiger partial charge in [-0.2, -0.15) is 0 Å². The maximum absolute atomic E-state index is 6.27. The van der Waals surface area contributed by atoms with Crippen LogP contribution < -0.4 is 0 Å². The predicted molar refractivity (Wildman–Crippen MR) is 229 cm³/mol. The number of nitrogens with zero attached hydrogens (tertiary/aromatic N) is 4. The lowest BCUT2D eigenvalue weighted by Crippen LogP contribution is -2.01. The van der Waals surface area contributed by atoms with Gasteiger partial charge in [-0.1, -0.05) is 158 Å². The second-order valence-corrected chi connectivity index (χ2v) is 14.0. The van der Waals surface area contributed by atoms with Crippen LogP contribution in [0.5, 0.6) is 0 Å². The van der Waals surface area contributed by atoms with Crippen molar-refractivity contribution in [3.05, 3.63) is 194 Å². The van der Waals surface area contributed by atoms with Gasteiger partial charge in [-0.15, -0.1) is 0 Å². The van der Waals surface area contributed by atoms with Crippen molar-refractivity contribution in [2.45, 2.75) is 0 Å². The Labute approximate surface area is 322 Å². The Hall–Kier alpha value is -7.63. The molecule has 5 nitrogen and oxygen atoms in total. The van der Waals surface area contributed by atoms with Crippen LogP contribution in [0.15, 0.2) is 199 Å². The number of hydrogen-bond donors (Lipinski definition) is 0. The van der Waals surface area contributed by atoms with E-state index in [0.29, 0.717) is 17.5 Å². The van der Waals surface area contributed by atoms with Crippen molar-refractivity contribution < 1.29 is 4.42 Å². The fourth-order valence-corrected chi connectivity index (χ4v) is 8.01. The maximum atomic E-state index is 6.27. The highest BCUT2D eigenvalue weighted by Gasteiger charge is 2.18. The molecule has 11 aromatic rings. The lowest BCUT2D eigenvalue weighted by molar-refractivity contribution is 0.669. The first-order valence-electron chi connectivity index (χ1n) is 18.8. The molecular formula is C51H32N4O. The van der Waals surface area contributed by atoms with Gasteiger partial charge in [0.05, 0.1) is 11.0 Å². The van der Waals surface area contributed by atoms with Gasteiger partial charge in [0.15, 0.2) is 17.5 Å². The van der Waals surface area contributed by atoms with Gasteiger partial charge in [-0.25, -0.2) is 15.0 Å². The Kier molecular flexibility index (Phi) is 7.42. The van der Waals surface area contributed by atoms with Crippen LogP contribution >= 0.6 is 0 Å². The summed E-state index contributed by atoms with van der Waals surface area (Å²) in [7, 11) is 0. The molecule has 0 radical (unpaired) electrons. The van der Waals surface area contributed by atoms with E-state index in [-0.39, 0.29) is 0 Å². The van der Waals surface area contributed by atoms with Crippen LogP contribution in [0.1, 0.15) is 0 Å². The third-order valence-electron chi connectivity index (χ3n) is 10.7. The van der Waals surface area contributed by atoms with Gasteiger partial charge in [-0.3, -0.25) is 0 Å². The Balaban J connectivity index is 1.07. The lowest BCUT2D eigenvalue weighted by atomic mass is 9.98. The summed E-state index contributed by atoms with van der Waals surface area (Å²) in [5.41, 5.74) is 12.4. The van der Waals surface area contributed by atoms with E-state index in [0.717, 1.165) is 72.0 Å². The number of rotatable bonds is 6. The van der Waals surface area contributed by atoms with E-state index in [1.807, 2.05) is 48.5 Å². The molecule has 3 heterocycles. The van der Waals surface area contributed by atoms with Gasteiger partial charge in [-0.05, 0) is 58.7 Å². The summed E-state index contributed by atoms with van der Waals surface area (Å²) in [5, 5.41) is 4.62. The summed E-state index contributed by atoms with van der Waals surface area (Å²) in [6.45, 7) is 0. The molecule has 5 heteroatoms. The number of hydrogen-bond acceptors (Lipinski definition) is 4. The van der Waals surface area contributed by atoms with Crippen molar-refractivity contribution in [1.82, 2.24) is 19.5 Å². The molecule has 262 valence electrons. The number of aromatic nitrogens is 4. The fraction of sp³-hybridized carbons (Fsp3) is 0. The van der Waals surface area contributed by atoms with Crippen molar-refractivity contribution in [2.24, 2.45) is 0 Å². The number of fused-ring (bicyclic) bond motifs is 6. The molecule has 0 saturated carbocycles. The van der Waals surface area contributed by atoms with Crippen LogP contribution in [-0.4, -0.2) is 19.5 Å². The van der Waals surface area contributed by atoms with Crippen molar-refractivity contribution >= 4 is 43.7 Å². The minimum atomic E-state index is 0.614. The average molecular weight is 717 g/mol. The van der Waals surface area contributed by atoms with E-state index in [4.69, 9.17) is 19.4 Å². The monoisotopic (exact) mass is 716 g/mol. The molecule has 11 rings (SSSR count). The molecule has 0 fully saturated rings. The zero-order valence-corrected chi connectivity index (χ0v) is 30.2. The molecule has 56 heavy (non-hydrogen) atoms. The molecule has 0 spiro atoms. The molecule has 0 aliphatic rings. The van der Waals surface area contributed by atoms with Gasteiger partial charge < -0.3 is 8.98 Å². The highest BCUT2D eigenvalue weighted by atomic mass is 16.3. The van der Waals surface area contributed by atoms with Crippen molar-refractivity contribution in [1.29, 1.82) is 0 Å². The summed E-state index contributed by atoms with van der Waals surface area (Å²) >= 11 is 0. The quantitative estimate of drug-likeness (QED) is 0.172. The van der Waals surface area contributed by atoms with Gasteiger partial charge in [0.1, 0.15) is 11.2 Å². The summed E-state index contributed by atoms with van der Waals surface area (Å²) in [4.78, 5) is 15.2. The van der Waals surface area contributed by atoms with Gasteiger partial charge >= 0.3 is 0 Å². The SMILES string of the molecule is c1ccc(-c2ccc(-c3nc(-c4ccccc4)nc(-c4cccc(-n5c6ccccc6c6ccc(-c7cccc8oc9ccccc9c78)cc65)c4)n3)cc2)cc1. The molecule has 0 atom stereocenters. The van der Waals surface area contributed by atoms with Crippen LogP contribution in [0.3, 0.4) is 0 Å². The molecule has 0 aliphatic heterocycles. The highest BCUT2D eigenvalue weighted by Crippen LogP contribution is 2.40. The molecule has 0 saturated heterocycles. The fourth-order valence-electron chi connectivity index (χ4n) is 8.01. The smallest absolute Gasteiger partial charge is 0.164 e. The zero-order valence-electron chi connectivity index (χ0n) is 30.2. The number of benzene rings is 8. The number of furan rings is 1. The Morgan fingerprint density at radius 1 is 0.339 bits per heavy atom. The van der Waals surface area contributed by atoms with Crippen LogP contribution in [0.2, 0.25) is 0 Å². The molecule has 0 aliphatic carbocycles. The minimum Gasteiger partial charge on any atom is -0.456 e. The third-order valence-corrected chi connectivity index (χ3v) is 10.7. The average Bonchev–Trinajstić information content (AvgIpc) is 3.83. The topological polar surface area (TPSA) is 56.7 Å². The maximum Gasteiger partial charge on any atom is 0.164 e. The molecule has 0 unspecified atom stereocenters. The van der Waals surface area contributed by atoms with E-state index < -0.39 is 0 Å². The van der Waals surface area contributed by atoms with E-state index in [9.17, 15) is 0 Å². The third kappa shape index (κ3) is 5.37. The number of para-hydroxylation sites is 2. The van der Waals surface area contributed by atoms with Gasteiger partial charge in [0.2, 0.25) is 0 Å². The second kappa shape index (κ2) is 13.0.